The van der Waals surface area contributed by atoms with Crippen LogP contribution in [-0.4, -0.2) is 101 Å². The smallest absolute Gasteiger partial charge is 0.262 e. The number of nitriles is 1. The molecule has 43 heavy (non-hydrogen) atoms. The normalized spacial score (nSPS) is 24.9. The lowest BCUT2D eigenvalue weighted by atomic mass is 9.92. The molecule has 2 saturated heterocycles. The van der Waals surface area contributed by atoms with Crippen LogP contribution in [-0.2, 0) is 21.3 Å². The van der Waals surface area contributed by atoms with E-state index in [0.29, 0.717) is 5.69 Å². The van der Waals surface area contributed by atoms with Crippen molar-refractivity contribution in [2.75, 3.05) is 51.3 Å². The maximum Gasteiger partial charge on any atom is 0.262 e. The van der Waals surface area contributed by atoms with Gasteiger partial charge in [0.1, 0.15) is 23.9 Å². The highest BCUT2D eigenvalue weighted by atomic mass is 16.6. The number of amides is 1. The van der Waals surface area contributed by atoms with Crippen LogP contribution in [0.1, 0.15) is 12.6 Å². The summed E-state index contributed by atoms with van der Waals surface area (Å²) in [6.07, 6.45) is -3.26. The largest absolute Gasteiger partial charge is 0.390 e. The molecule has 2 aliphatic heterocycles. The molecule has 0 saturated carbocycles. The molecule has 3 aromatic rings. The molecule has 2 aliphatic rings. The second-order valence-corrected chi connectivity index (χ2v) is 11.1. The van der Waals surface area contributed by atoms with Crippen molar-refractivity contribution >= 4 is 28.4 Å². The molecule has 228 valence electrons. The molecule has 5 atom stereocenters. The Bertz CT molecular complexity index is 1510. The first-order valence-electron chi connectivity index (χ1n) is 14.6. The number of morpholine rings is 1. The number of ether oxygens (including phenoxy) is 2. The number of aromatic nitrogens is 1. The number of fused-ring (bicyclic) bond motifs is 1. The number of hydrogen-bond acceptors (Lipinski definition) is 9. The van der Waals surface area contributed by atoms with Crippen molar-refractivity contribution in [3.8, 4) is 17.3 Å². The number of anilines is 1. The van der Waals surface area contributed by atoms with Crippen LogP contribution < -0.4 is 10.6 Å². The summed E-state index contributed by atoms with van der Waals surface area (Å²) < 4.78 is 12.7. The van der Waals surface area contributed by atoms with E-state index in [1.165, 1.54) is 6.08 Å². The second kappa shape index (κ2) is 13.7. The molecule has 1 amide bonds. The van der Waals surface area contributed by atoms with Gasteiger partial charge in [-0.15, -0.1) is 0 Å². The molecule has 1 unspecified atom stereocenters. The molecule has 11 nitrogen and oxygen atoms in total. The lowest BCUT2D eigenvalue weighted by molar-refractivity contribution is -0.258. The van der Waals surface area contributed by atoms with Gasteiger partial charge in [-0.2, -0.15) is 5.26 Å². The van der Waals surface area contributed by atoms with E-state index in [1.54, 1.807) is 6.92 Å². The Morgan fingerprint density at radius 3 is 2.58 bits per heavy atom. The summed E-state index contributed by atoms with van der Waals surface area (Å²) >= 11 is 0. The lowest BCUT2D eigenvalue weighted by Gasteiger charge is -2.39. The van der Waals surface area contributed by atoms with E-state index in [1.807, 2.05) is 29.8 Å². The maximum absolute atomic E-state index is 12.8. The third kappa shape index (κ3) is 7.08. The minimum absolute atomic E-state index is 0.125. The van der Waals surface area contributed by atoms with Crippen molar-refractivity contribution in [2.24, 2.45) is 13.0 Å². The Balaban J connectivity index is 1.23. The predicted octanol–water partition coefficient (Wildman–Crippen LogP) is 1.69. The fourth-order valence-corrected chi connectivity index (χ4v) is 5.50. The highest BCUT2D eigenvalue weighted by molar-refractivity contribution is 6.01. The first kappa shape index (κ1) is 30.7. The van der Waals surface area contributed by atoms with E-state index >= 15 is 0 Å². The summed E-state index contributed by atoms with van der Waals surface area (Å²) in [4.78, 5) is 15.2. The van der Waals surface area contributed by atoms with E-state index in [9.17, 15) is 25.4 Å². The number of rotatable bonds is 9. The molecule has 0 aliphatic carbocycles. The number of benzene rings is 2. The maximum atomic E-state index is 12.8. The number of nitrogens with one attached hydrogen (secondary N) is 2. The summed E-state index contributed by atoms with van der Waals surface area (Å²) in [5.74, 6) is -1.32. The van der Waals surface area contributed by atoms with E-state index in [-0.39, 0.29) is 12.1 Å². The Labute approximate surface area is 250 Å². The first-order valence-corrected chi connectivity index (χ1v) is 14.6. The molecule has 0 spiro atoms. The second-order valence-electron chi connectivity index (χ2n) is 11.1. The van der Waals surface area contributed by atoms with E-state index in [2.05, 4.69) is 51.9 Å². The topological polar surface area (TPSA) is 152 Å². The molecule has 3 heterocycles. The van der Waals surface area contributed by atoms with Gasteiger partial charge in [-0.3, -0.25) is 9.69 Å². The number of aliphatic hydroxyl groups is 3. The number of carbonyl (C=O) groups excluding carboxylic acids is 1. The van der Waals surface area contributed by atoms with Gasteiger partial charge in [-0.1, -0.05) is 25.1 Å². The van der Waals surface area contributed by atoms with Gasteiger partial charge in [0.05, 0.1) is 19.3 Å². The van der Waals surface area contributed by atoms with Crippen LogP contribution >= 0.6 is 0 Å². The monoisotopic (exact) mass is 589 g/mol. The zero-order valence-corrected chi connectivity index (χ0v) is 24.4. The first-order chi connectivity index (χ1) is 20.7. The van der Waals surface area contributed by atoms with Crippen LogP contribution in [0.15, 0.2) is 54.1 Å². The van der Waals surface area contributed by atoms with Gasteiger partial charge < -0.3 is 40.0 Å². The lowest BCUT2D eigenvalue weighted by Crippen LogP contribution is -2.56. The van der Waals surface area contributed by atoms with Crippen molar-refractivity contribution in [3.63, 3.8) is 0 Å². The van der Waals surface area contributed by atoms with Gasteiger partial charge in [0.15, 0.2) is 6.29 Å². The fraction of sp³-hybridized carbons (Fsp3) is 0.438. The SMILES string of the molecule is C[C@H]1C(O)O[C@H](CNC(=O)/C(C#N)=C/c2ccc(-c3ccc4cc(NCCN5CCOCC5)ccc4c3)n2C)[C@@H](O)[C@@H]1O. The van der Waals surface area contributed by atoms with Crippen molar-refractivity contribution < 1.29 is 29.6 Å². The molecule has 2 aromatic carbocycles. The third-order valence-corrected chi connectivity index (χ3v) is 8.31. The van der Waals surface area contributed by atoms with Crippen LogP contribution in [0.3, 0.4) is 0 Å². The molecule has 1 aromatic heterocycles. The molecule has 2 fully saturated rings. The average Bonchev–Trinajstić information content (AvgIpc) is 3.39. The zero-order valence-electron chi connectivity index (χ0n) is 24.4. The molecular weight excluding hydrogens is 550 g/mol. The minimum Gasteiger partial charge on any atom is -0.390 e. The summed E-state index contributed by atoms with van der Waals surface area (Å²) in [6, 6.07) is 18.3. The Morgan fingerprint density at radius 1 is 1.07 bits per heavy atom. The Morgan fingerprint density at radius 2 is 1.81 bits per heavy atom. The molecule has 0 radical (unpaired) electrons. The van der Waals surface area contributed by atoms with Gasteiger partial charge in [0.2, 0.25) is 0 Å². The molecule has 0 bridgehead atoms. The van der Waals surface area contributed by atoms with Crippen molar-refractivity contribution in [1.29, 1.82) is 5.26 Å². The number of carbonyl (C=O) groups is 1. The van der Waals surface area contributed by atoms with E-state index in [0.717, 1.165) is 67.1 Å². The van der Waals surface area contributed by atoms with Crippen LogP contribution in [0.5, 0.6) is 0 Å². The number of nitrogens with zero attached hydrogens (tertiary/aromatic N) is 3. The number of aliphatic hydroxyl groups excluding tert-OH is 3. The average molecular weight is 590 g/mol. The van der Waals surface area contributed by atoms with Crippen molar-refractivity contribution in [2.45, 2.75) is 31.5 Å². The van der Waals surface area contributed by atoms with Gasteiger partial charge in [0, 0.05) is 62.8 Å². The molecule has 5 rings (SSSR count). The third-order valence-electron chi connectivity index (χ3n) is 8.31. The summed E-state index contributed by atoms with van der Waals surface area (Å²) in [5.41, 5.74) is 3.54. The predicted molar refractivity (Wildman–Crippen MR) is 163 cm³/mol. The highest BCUT2D eigenvalue weighted by Crippen LogP contribution is 2.28. The summed E-state index contributed by atoms with van der Waals surface area (Å²) in [6.45, 7) is 6.76. The molecule has 5 N–H and O–H groups in total. The fourth-order valence-electron chi connectivity index (χ4n) is 5.50. The highest BCUT2D eigenvalue weighted by Gasteiger charge is 2.41. The minimum atomic E-state index is -1.28. The summed E-state index contributed by atoms with van der Waals surface area (Å²) in [7, 11) is 1.87. The Kier molecular flexibility index (Phi) is 9.77. The standard InChI is InChI=1S/C32H39N5O6/c1-20-29(38)30(39)28(43-32(20)41)19-35-31(40)24(18-33)17-26-7-8-27(36(26)2)23-4-3-22-16-25(6-5-21(22)15-23)34-9-10-37-11-13-42-14-12-37/h3-8,15-17,20,28-30,32,34,38-39,41H,9-14,19H2,1-2H3,(H,35,40)/b24-17+/t20-,28-,29-,30-,32?/m1/s1. The van der Waals surface area contributed by atoms with Crippen LogP contribution in [0.2, 0.25) is 0 Å². The van der Waals surface area contributed by atoms with Gasteiger partial charge >= 0.3 is 0 Å². The van der Waals surface area contributed by atoms with E-state index in [4.69, 9.17) is 9.47 Å². The van der Waals surface area contributed by atoms with Gasteiger partial charge in [0.25, 0.3) is 5.91 Å². The molecular formula is C32H39N5O6. The van der Waals surface area contributed by atoms with E-state index < -0.39 is 36.4 Å². The van der Waals surface area contributed by atoms with Gasteiger partial charge in [-0.05, 0) is 52.7 Å². The van der Waals surface area contributed by atoms with Gasteiger partial charge in [-0.25, -0.2) is 0 Å². The molecule has 11 heteroatoms. The number of hydrogen-bond donors (Lipinski definition) is 5. The quantitative estimate of drug-likeness (QED) is 0.185. The van der Waals surface area contributed by atoms with Crippen molar-refractivity contribution in [1.82, 2.24) is 14.8 Å². The summed E-state index contributed by atoms with van der Waals surface area (Å²) in [5, 5.41) is 48.3. The zero-order chi connectivity index (χ0) is 30.5. The Hall–Kier alpha value is -3.76. The van der Waals surface area contributed by atoms with Crippen LogP contribution in [0.25, 0.3) is 28.1 Å². The van der Waals surface area contributed by atoms with Crippen LogP contribution in [0, 0.1) is 17.2 Å². The van der Waals surface area contributed by atoms with Crippen LogP contribution in [0.4, 0.5) is 5.69 Å². The van der Waals surface area contributed by atoms with Crippen molar-refractivity contribution in [3.05, 3.63) is 59.8 Å².